The third-order valence-corrected chi connectivity index (χ3v) is 13.6. The number of aromatic nitrogens is 6. The van der Waals surface area contributed by atoms with Crippen LogP contribution in [0.25, 0.3) is 22.8 Å². The van der Waals surface area contributed by atoms with E-state index >= 15 is 0 Å². The van der Waals surface area contributed by atoms with E-state index in [1.807, 2.05) is 24.5 Å². The van der Waals surface area contributed by atoms with Crippen molar-refractivity contribution in [3.63, 3.8) is 0 Å². The third kappa shape index (κ3) is 13.0. The third-order valence-electron chi connectivity index (χ3n) is 13.6. The number of anilines is 4. The van der Waals surface area contributed by atoms with Crippen LogP contribution in [-0.2, 0) is 14.2 Å². The molecule has 7 atom stereocenters. The van der Waals surface area contributed by atoms with Crippen molar-refractivity contribution < 1.29 is 14.2 Å². The fourth-order valence-electron chi connectivity index (χ4n) is 10.2. The summed E-state index contributed by atoms with van der Waals surface area (Å²) >= 11 is 0. The molecule has 0 aromatic carbocycles. The van der Waals surface area contributed by atoms with E-state index < -0.39 is 0 Å². The van der Waals surface area contributed by atoms with E-state index in [4.69, 9.17) is 29.2 Å². The Hall–Kier alpha value is -4.54. The Morgan fingerprint density at radius 2 is 1.14 bits per heavy atom. The van der Waals surface area contributed by atoms with Gasteiger partial charge in [0.15, 0.2) is 0 Å². The summed E-state index contributed by atoms with van der Waals surface area (Å²) in [5, 5.41) is 22.5. The van der Waals surface area contributed by atoms with E-state index in [1.165, 1.54) is 6.42 Å². The Labute approximate surface area is 373 Å². The summed E-state index contributed by atoms with van der Waals surface area (Å²) in [7, 11) is 3.54. The number of hydrogen-bond acceptors (Lipinski definition) is 15. The molecule has 15 heteroatoms. The minimum atomic E-state index is 0.307. The van der Waals surface area contributed by atoms with Gasteiger partial charge < -0.3 is 46.1 Å². The van der Waals surface area contributed by atoms with E-state index in [2.05, 4.69) is 85.0 Å². The minimum absolute atomic E-state index is 0.307. The SMILES string of the molecule is COC[C@@H](C)NC1CCC(Nc2cc(-c3cc(NCC4CC4C4C[C@H](N[C@H](C)COC)CC[C@H]4Nc4cc(-c5cc(NCC6CCOCC6)ccn5)ncn4)ccn3)ncn2)CC1. The lowest BCUT2D eigenvalue weighted by Crippen LogP contribution is -2.47. The molecule has 63 heavy (non-hydrogen) atoms. The Balaban J connectivity index is 0.871. The molecule has 0 amide bonds. The molecule has 15 nitrogen and oxygen atoms in total. The van der Waals surface area contributed by atoms with Gasteiger partial charge in [0, 0.05) is 113 Å². The molecule has 0 radical (unpaired) electrons. The molecule has 4 aromatic rings. The van der Waals surface area contributed by atoms with Gasteiger partial charge in [-0.1, -0.05) is 0 Å². The molecule has 0 bridgehead atoms. The van der Waals surface area contributed by atoms with E-state index in [-0.39, 0.29) is 0 Å². The predicted octanol–water partition coefficient (Wildman–Crippen LogP) is 6.90. The standard InChI is InChI=1S/C48H70N12O3/c1-31(27-61-3)57-35-5-7-36(8-6-35)59-47-23-45(53-29-55-47)44-22-38(12-16-50-44)52-26-34-19-40(34)41-20-39(58-32(2)28-62-4)9-10-42(41)60-48-24-46(54-30-56-48)43-21-37(11-15-49-43)51-25-33-13-17-63-18-14-33/h11-12,15-16,21-24,29-36,39-42,57-58H,5-10,13-14,17-20,25-28H2,1-4H3,(H,49,51)(H,50,52)(H,53,55,59)(H,54,56,60)/t31-,32-,34?,35?,36?,39-,40?,41?,42-/m1/s1. The van der Waals surface area contributed by atoms with Crippen molar-refractivity contribution in [3.05, 3.63) is 61.4 Å². The maximum Gasteiger partial charge on any atom is 0.130 e. The van der Waals surface area contributed by atoms with Gasteiger partial charge >= 0.3 is 0 Å². The molecule has 4 aromatic heterocycles. The Morgan fingerprint density at radius 1 is 0.587 bits per heavy atom. The highest BCUT2D eigenvalue weighted by atomic mass is 16.5. The maximum atomic E-state index is 5.55. The van der Waals surface area contributed by atoms with Crippen LogP contribution in [0.2, 0.25) is 0 Å². The van der Waals surface area contributed by atoms with Crippen LogP contribution in [0.15, 0.2) is 61.4 Å². The monoisotopic (exact) mass is 863 g/mol. The number of nitrogens with zero attached hydrogens (tertiary/aromatic N) is 6. The van der Waals surface area contributed by atoms with Crippen LogP contribution in [0.3, 0.4) is 0 Å². The van der Waals surface area contributed by atoms with Crippen LogP contribution in [0.5, 0.6) is 0 Å². The molecule has 1 saturated heterocycles. The summed E-state index contributed by atoms with van der Waals surface area (Å²) in [6, 6.07) is 14.7. The van der Waals surface area contributed by atoms with Crippen molar-refractivity contribution in [1.82, 2.24) is 40.5 Å². The first kappa shape index (κ1) is 45.0. The normalized spacial score (nSPS) is 26.1. The van der Waals surface area contributed by atoms with Gasteiger partial charge in [0.1, 0.15) is 24.3 Å². The first-order chi connectivity index (χ1) is 30.9. The Kier molecular flexibility index (Phi) is 16.0. The highest BCUT2D eigenvalue weighted by molar-refractivity contribution is 5.64. The molecular weight excluding hydrogens is 793 g/mol. The molecule has 6 N–H and O–H groups in total. The van der Waals surface area contributed by atoms with Crippen LogP contribution in [-0.4, -0.2) is 120 Å². The van der Waals surface area contributed by atoms with Crippen LogP contribution >= 0.6 is 0 Å². The molecule has 5 heterocycles. The number of rotatable bonds is 21. The van der Waals surface area contributed by atoms with Crippen molar-refractivity contribution >= 4 is 23.0 Å². The lowest BCUT2D eigenvalue weighted by molar-refractivity contribution is 0.0699. The molecule has 1 aliphatic heterocycles. The lowest BCUT2D eigenvalue weighted by atomic mass is 9.77. The zero-order valence-corrected chi connectivity index (χ0v) is 37.8. The predicted molar refractivity (Wildman–Crippen MR) is 250 cm³/mol. The molecule has 3 unspecified atom stereocenters. The van der Waals surface area contributed by atoms with Crippen molar-refractivity contribution in [2.75, 3.05) is 75.0 Å². The van der Waals surface area contributed by atoms with Gasteiger partial charge in [-0.3, -0.25) is 9.97 Å². The van der Waals surface area contributed by atoms with Gasteiger partial charge in [-0.05, 0) is 126 Å². The smallest absolute Gasteiger partial charge is 0.130 e. The molecule has 340 valence electrons. The van der Waals surface area contributed by atoms with Gasteiger partial charge in [-0.15, -0.1) is 0 Å². The average molecular weight is 863 g/mol. The highest BCUT2D eigenvalue weighted by Gasteiger charge is 2.47. The number of hydrogen-bond donors (Lipinski definition) is 6. The van der Waals surface area contributed by atoms with Crippen LogP contribution in [0, 0.1) is 23.7 Å². The van der Waals surface area contributed by atoms with Crippen molar-refractivity contribution in [3.8, 4) is 22.8 Å². The molecule has 3 saturated carbocycles. The van der Waals surface area contributed by atoms with Gasteiger partial charge in [-0.2, -0.15) is 0 Å². The summed E-state index contributed by atoms with van der Waals surface area (Å²) in [4.78, 5) is 28.0. The number of ether oxygens (including phenoxy) is 3. The van der Waals surface area contributed by atoms with E-state index in [0.29, 0.717) is 66.5 Å². The second-order valence-corrected chi connectivity index (χ2v) is 18.6. The largest absolute Gasteiger partial charge is 0.385 e. The number of pyridine rings is 2. The zero-order valence-electron chi connectivity index (χ0n) is 37.8. The van der Waals surface area contributed by atoms with E-state index in [0.717, 1.165) is 136 Å². The van der Waals surface area contributed by atoms with Crippen LogP contribution in [0.1, 0.15) is 78.1 Å². The quantitative estimate of drug-likeness (QED) is 0.0510. The molecule has 3 aliphatic carbocycles. The van der Waals surface area contributed by atoms with Gasteiger partial charge in [0.2, 0.25) is 0 Å². The van der Waals surface area contributed by atoms with Crippen molar-refractivity contribution in [2.45, 2.75) is 114 Å². The number of methoxy groups -OCH3 is 2. The average Bonchev–Trinajstić information content (AvgIpc) is 4.09. The molecular formula is C48H70N12O3. The van der Waals surface area contributed by atoms with Crippen LogP contribution < -0.4 is 31.9 Å². The van der Waals surface area contributed by atoms with Crippen molar-refractivity contribution in [1.29, 1.82) is 0 Å². The lowest BCUT2D eigenvalue weighted by Gasteiger charge is -2.39. The summed E-state index contributed by atoms with van der Waals surface area (Å²) < 4.78 is 16.3. The summed E-state index contributed by atoms with van der Waals surface area (Å²) in [6.45, 7) is 9.39. The molecule has 8 rings (SSSR count). The summed E-state index contributed by atoms with van der Waals surface area (Å²) in [5.74, 6) is 4.02. The first-order valence-corrected chi connectivity index (χ1v) is 23.5. The van der Waals surface area contributed by atoms with E-state index in [9.17, 15) is 0 Å². The Bertz CT molecular complexity index is 2010. The first-order valence-electron chi connectivity index (χ1n) is 23.5. The van der Waals surface area contributed by atoms with Gasteiger partial charge in [-0.25, -0.2) is 19.9 Å². The molecule has 4 fully saturated rings. The highest BCUT2D eigenvalue weighted by Crippen LogP contribution is 2.50. The Morgan fingerprint density at radius 3 is 1.78 bits per heavy atom. The molecule has 0 spiro atoms. The van der Waals surface area contributed by atoms with Crippen molar-refractivity contribution in [2.24, 2.45) is 23.7 Å². The fourth-order valence-corrected chi connectivity index (χ4v) is 10.2. The second-order valence-electron chi connectivity index (χ2n) is 18.6. The maximum absolute atomic E-state index is 5.55. The summed E-state index contributed by atoms with van der Waals surface area (Å²) in [6.07, 6.45) is 18.2. The molecule has 4 aliphatic rings. The fraction of sp³-hybridized carbons (Fsp3) is 0.625. The summed E-state index contributed by atoms with van der Waals surface area (Å²) in [5.41, 5.74) is 5.44. The van der Waals surface area contributed by atoms with Crippen LogP contribution in [0.4, 0.5) is 23.0 Å². The minimum Gasteiger partial charge on any atom is -0.385 e. The van der Waals surface area contributed by atoms with E-state index in [1.54, 1.807) is 26.9 Å². The van der Waals surface area contributed by atoms with Gasteiger partial charge in [0.05, 0.1) is 36.0 Å². The topological polar surface area (TPSA) is 177 Å². The van der Waals surface area contributed by atoms with Gasteiger partial charge in [0.25, 0.3) is 0 Å². The zero-order chi connectivity index (χ0) is 43.4. The second kappa shape index (κ2) is 22.4. The number of nitrogens with one attached hydrogen (secondary N) is 6.